The number of para-hydroxylation sites is 1. The first-order chi connectivity index (χ1) is 18.7. The van der Waals surface area contributed by atoms with Crippen LogP contribution < -0.4 is 10.6 Å². The number of carboxylic acid groups (broad SMARTS) is 1. The zero-order valence-corrected chi connectivity index (χ0v) is 23.0. The van der Waals surface area contributed by atoms with E-state index in [0.29, 0.717) is 32.7 Å². The molecule has 1 saturated heterocycles. The van der Waals surface area contributed by atoms with E-state index in [0.717, 1.165) is 39.2 Å². The number of nitrogens with one attached hydrogen (secondary N) is 2. The van der Waals surface area contributed by atoms with E-state index in [4.69, 9.17) is 5.11 Å². The third-order valence-electron chi connectivity index (χ3n) is 6.43. The fraction of sp³-hybridized carbons (Fsp3) is 0.320. The van der Waals surface area contributed by atoms with Crippen molar-refractivity contribution < 1.29 is 18.3 Å². The second-order valence-electron chi connectivity index (χ2n) is 9.24. The summed E-state index contributed by atoms with van der Waals surface area (Å²) >= 11 is 0.830. The number of carbonyl (C=O) groups is 1. The molecule has 0 spiro atoms. The minimum absolute atomic E-state index is 0.0432. The van der Waals surface area contributed by atoms with Gasteiger partial charge in [0.25, 0.3) is 10.0 Å². The van der Waals surface area contributed by atoms with Crippen molar-refractivity contribution in [2.24, 2.45) is 0 Å². The molecule has 1 aromatic carbocycles. The number of nitrogens with zero attached hydrogens (tertiary/aromatic N) is 6. The van der Waals surface area contributed by atoms with Crippen molar-refractivity contribution in [3.8, 4) is 11.1 Å². The van der Waals surface area contributed by atoms with Gasteiger partial charge in [-0.2, -0.15) is 4.31 Å². The van der Waals surface area contributed by atoms with Crippen LogP contribution in [0.5, 0.6) is 0 Å². The van der Waals surface area contributed by atoms with Crippen LogP contribution >= 0.6 is 11.3 Å². The van der Waals surface area contributed by atoms with E-state index < -0.39 is 16.1 Å². The molecule has 4 aromatic rings. The average Bonchev–Trinajstić information content (AvgIpc) is 3.29. The molecular formula is C25H28N8O4S2. The molecule has 1 amide bonds. The van der Waals surface area contributed by atoms with Crippen molar-refractivity contribution in [1.82, 2.24) is 29.1 Å². The number of hydrogen-bond donors (Lipinski definition) is 3. The predicted molar refractivity (Wildman–Crippen MR) is 150 cm³/mol. The zero-order chi connectivity index (χ0) is 27.6. The Morgan fingerprint density at radius 3 is 2.67 bits per heavy atom. The summed E-state index contributed by atoms with van der Waals surface area (Å²) in [4.78, 5) is 30.4. The maximum atomic E-state index is 13.2. The lowest BCUT2D eigenvalue weighted by atomic mass is 10.0. The molecule has 3 N–H and O–H groups in total. The molecule has 3 aromatic heterocycles. The van der Waals surface area contributed by atoms with Gasteiger partial charge in [-0.3, -0.25) is 15.2 Å². The van der Waals surface area contributed by atoms with Gasteiger partial charge in [-0.05, 0) is 26.0 Å². The Bertz CT molecular complexity index is 1590. The van der Waals surface area contributed by atoms with Crippen LogP contribution in [-0.4, -0.2) is 87.5 Å². The number of sulfonamides is 1. The number of anilines is 2. The number of amides is 1. The molecule has 1 atom stereocenters. The van der Waals surface area contributed by atoms with Crippen molar-refractivity contribution in [2.75, 3.05) is 43.4 Å². The number of pyridine rings is 1. The van der Waals surface area contributed by atoms with Crippen LogP contribution in [-0.2, 0) is 10.0 Å². The fourth-order valence-corrected chi connectivity index (χ4v) is 7.62. The topological polar surface area (TPSA) is 154 Å². The number of piperazine rings is 1. The molecule has 1 unspecified atom stereocenters. The smallest absolute Gasteiger partial charge is 0.410 e. The summed E-state index contributed by atoms with van der Waals surface area (Å²) in [7, 11) is -3.77. The van der Waals surface area contributed by atoms with Crippen LogP contribution in [0.3, 0.4) is 0 Å². The van der Waals surface area contributed by atoms with Gasteiger partial charge >= 0.3 is 6.09 Å². The van der Waals surface area contributed by atoms with Crippen LogP contribution in [0, 0.1) is 6.92 Å². The minimum atomic E-state index is -3.77. The Labute approximate surface area is 229 Å². The van der Waals surface area contributed by atoms with Crippen molar-refractivity contribution in [1.29, 1.82) is 0 Å². The van der Waals surface area contributed by atoms with E-state index in [9.17, 15) is 13.2 Å². The van der Waals surface area contributed by atoms with Crippen LogP contribution in [0.1, 0.15) is 12.6 Å². The van der Waals surface area contributed by atoms with Crippen molar-refractivity contribution in [3.63, 3.8) is 0 Å². The molecule has 14 heteroatoms. The summed E-state index contributed by atoms with van der Waals surface area (Å²) in [5, 5.41) is 15.5. The third kappa shape index (κ3) is 5.83. The second kappa shape index (κ2) is 11.2. The predicted octanol–water partition coefficient (Wildman–Crippen LogP) is 3.35. The Balaban J connectivity index is 1.23. The maximum Gasteiger partial charge on any atom is 0.410 e. The highest BCUT2D eigenvalue weighted by atomic mass is 32.2. The van der Waals surface area contributed by atoms with Crippen LogP contribution in [0.4, 0.5) is 15.7 Å². The Morgan fingerprint density at radius 1 is 1.15 bits per heavy atom. The lowest BCUT2D eigenvalue weighted by Crippen LogP contribution is -2.50. The number of aromatic nitrogens is 4. The molecule has 4 heterocycles. The summed E-state index contributed by atoms with van der Waals surface area (Å²) in [6, 6.07) is 9.93. The summed E-state index contributed by atoms with van der Waals surface area (Å²) < 4.78 is 27.9. The van der Waals surface area contributed by atoms with Gasteiger partial charge in [0.05, 0.1) is 11.2 Å². The lowest BCUT2D eigenvalue weighted by Gasteiger charge is -2.35. The van der Waals surface area contributed by atoms with Gasteiger partial charge in [-0.25, -0.2) is 28.2 Å². The summed E-state index contributed by atoms with van der Waals surface area (Å²) in [5.41, 5.74) is 3.09. The van der Waals surface area contributed by atoms with Gasteiger partial charge in [0, 0.05) is 67.7 Å². The van der Waals surface area contributed by atoms with Crippen molar-refractivity contribution in [2.45, 2.75) is 24.1 Å². The highest BCUT2D eigenvalue weighted by Gasteiger charge is 2.32. The van der Waals surface area contributed by atoms with E-state index in [1.54, 1.807) is 19.4 Å². The van der Waals surface area contributed by atoms with E-state index in [1.807, 2.05) is 36.5 Å². The van der Waals surface area contributed by atoms with Crippen LogP contribution in [0.15, 0.2) is 53.3 Å². The lowest BCUT2D eigenvalue weighted by molar-refractivity contribution is 0.184. The van der Waals surface area contributed by atoms with E-state index >= 15 is 0 Å². The standard InChI is InChI=1S/C25H28N8O4S2/c1-16(29-22-20-7-3-6-19(21(20)27-15-28-22)18-5-4-8-26-13-18)14-32-9-11-33(12-10-32)39(36,37)23-17(2)30-24(38-23)31-25(34)35/h3-8,13,15-16H,9-12,14H2,1-2H3,(H,30,31)(H,34,35)(H,27,28,29). The third-order valence-corrected chi connectivity index (χ3v) is 9.98. The van der Waals surface area contributed by atoms with Crippen molar-refractivity contribution in [3.05, 3.63) is 54.7 Å². The van der Waals surface area contributed by atoms with Gasteiger partial charge in [0.1, 0.15) is 12.1 Å². The minimum Gasteiger partial charge on any atom is -0.465 e. The summed E-state index contributed by atoms with van der Waals surface area (Å²) in [6.45, 7) is 6.14. The van der Waals surface area contributed by atoms with E-state index in [-0.39, 0.29) is 21.1 Å². The largest absolute Gasteiger partial charge is 0.465 e. The first kappa shape index (κ1) is 26.9. The number of thiazole rings is 1. The number of rotatable bonds is 8. The van der Waals surface area contributed by atoms with Gasteiger partial charge in [0.15, 0.2) is 9.34 Å². The number of hydrogen-bond acceptors (Lipinski definition) is 10. The Hall–Kier alpha value is -3.72. The quantitative estimate of drug-likeness (QED) is 0.288. The number of fused-ring (bicyclic) bond motifs is 1. The first-order valence-electron chi connectivity index (χ1n) is 12.3. The Kier molecular flexibility index (Phi) is 7.70. The SMILES string of the molecule is Cc1nc(NC(=O)O)sc1S(=O)(=O)N1CCN(CC(C)Nc2ncnc3c(-c4cccnc4)cccc23)CC1. The molecule has 1 aliphatic rings. The molecule has 39 heavy (non-hydrogen) atoms. The maximum absolute atomic E-state index is 13.2. The monoisotopic (exact) mass is 568 g/mol. The fourth-order valence-electron chi connectivity index (χ4n) is 4.66. The molecule has 0 radical (unpaired) electrons. The van der Waals surface area contributed by atoms with Crippen molar-refractivity contribution >= 4 is 49.3 Å². The van der Waals surface area contributed by atoms with E-state index in [2.05, 4.69) is 42.4 Å². The normalized spacial score (nSPS) is 15.7. The second-order valence-corrected chi connectivity index (χ2v) is 12.4. The highest BCUT2D eigenvalue weighted by molar-refractivity contribution is 7.91. The van der Waals surface area contributed by atoms with Gasteiger partial charge in [-0.1, -0.05) is 29.5 Å². The summed E-state index contributed by atoms with van der Waals surface area (Å²) in [6.07, 6.45) is 3.82. The molecule has 1 aliphatic heterocycles. The van der Waals surface area contributed by atoms with Crippen LogP contribution in [0.2, 0.25) is 0 Å². The van der Waals surface area contributed by atoms with E-state index in [1.165, 1.54) is 4.31 Å². The molecule has 204 valence electrons. The first-order valence-corrected chi connectivity index (χ1v) is 14.6. The zero-order valence-electron chi connectivity index (χ0n) is 21.4. The Morgan fingerprint density at radius 2 is 1.95 bits per heavy atom. The van der Waals surface area contributed by atoms with Gasteiger partial charge in [-0.15, -0.1) is 0 Å². The summed E-state index contributed by atoms with van der Waals surface area (Å²) in [5.74, 6) is 0.742. The highest BCUT2D eigenvalue weighted by Crippen LogP contribution is 2.31. The van der Waals surface area contributed by atoms with Gasteiger partial charge < -0.3 is 10.4 Å². The average molecular weight is 569 g/mol. The molecule has 1 fully saturated rings. The molecular weight excluding hydrogens is 540 g/mol. The molecule has 0 bridgehead atoms. The molecule has 0 saturated carbocycles. The molecule has 5 rings (SSSR count). The van der Waals surface area contributed by atoms with Gasteiger partial charge in [0.2, 0.25) is 0 Å². The molecule has 12 nitrogen and oxygen atoms in total. The molecule has 0 aliphatic carbocycles. The number of benzene rings is 1. The van der Waals surface area contributed by atoms with Crippen LogP contribution in [0.25, 0.3) is 22.0 Å². The number of aryl methyl sites for hydroxylation is 1.